The number of benzene rings is 2. The van der Waals surface area contributed by atoms with Gasteiger partial charge in [0.05, 0.1) is 38.3 Å². The van der Waals surface area contributed by atoms with Gasteiger partial charge >= 0.3 is 0 Å². The van der Waals surface area contributed by atoms with E-state index >= 15 is 0 Å². The van der Waals surface area contributed by atoms with Gasteiger partial charge in [0, 0.05) is 37.4 Å². The van der Waals surface area contributed by atoms with Gasteiger partial charge in [0.15, 0.2) is 22.4 Å². The fourth-order valence-corrected chi connectivity index (χ4v) is 4.61. The van der Waals surface area contributed by atoms with Crippen LogP contribution in [0, 0.1) is 0 Å². The molecule has 12 heteroatoms. The molecule has 1 aliphatic heterocycles. The Morgan fingerprint density at radius 2 is 1.66 bits per heavy atom. The molecule has 1 fully saturated rings. The predicted octanol–water partition coefficient (Wildman–Crippen LogP) is 4.05. The molecule has 1 aliphatic rings. The summed E-state index contributed by atoms with van der Waals surface area (Å²) in [7, 11) is 4.43. The van der Waals surface area contributed by atoms with E-state index in [-0.39, 0.29) is 16.6 Å². The topological polar surface area (TPSA) is 106 Å². The summed E-state index contributed by atoms with van der Waals surface area (Å²) in [5, 5.41) is 6.23. The van der Waals surface area contributed by atoms with Gasteiger partial charge in [-0.3, -0.25) is 14.9 Å². The molecule has 0 aliphatic carbocycles. The predicted molar refractivity (Wildman–Crippen MR) is 148 cm³/mol. The Labute approximate surface area is 230 Å². The van der Waals surface area contributed by atoms with Crippen LogP contribution >= 0.6 is 23.8 Å². The monoisotopic (exact) mass is 558 g/mol. The van der Waals surface area contributed by atoms with E-state index in [0.29, 0.717) is 59.9 Å². The molecule has 0 bridgehead atoms. The standard InChI is InChI=1S/C26H27ClN4O6S/c1-34-21-13-16(14-22(35-2)23(21)36-3)24(32)29-26(38)28-17-6-7-19(18(27)15-17)30-8-10-31(11-9-30)25(33)20-5-4-12-37-20/h4-7,12-15H,8-11H2,1-3H3,(H2,28,29,32,38). The Morgan fingerprint density at radius 3 is 2.21 bits per heavy atom. The summed E-state index contributed by atoms with van der Waals surface area (Å²) in [4.78, 5) is 29.2. The Bertz CT molecular complexity index is 1300. The van der Waals surface area contributed by atoms with Crippen LogP contribution < -0.4 is 29.7 Å². The van der Waals surface area contributed by atoms with Crippen molar-refractivity contribution in [1.29, 1.82) is 0 Å². The fourth-order valence-electron chi connectivity index (χ4n) is 4.10. The summed E-state index contributed by atoms with van der Waals surface area (Å²) in [5.41, 5.74) is 1.73. The van der Waals surface area contributed by atoms with Crippen LogP contribution in [0.4, 0.5) is 11.4 Å². The lowest BCUT2D eigenvalue weighted by atomic mass is 10.1. The molecule has 200 valence electrons. The number of nitrogens with one attached hydrogen (secondary N) is 2. The average molecular weight is 559 g/mol. The zero-order chi connectivity index (χ0) is 27.2. The third kappa shape index (κ3) is 5.95. The zero-order valence-electron chi connectivity index (χ0n) is 21.1. The van der Waals surface area contributed by atoms with Crippen LogP contribution in [0.3, 0.4) is 0 Å². The van der Waals surface area contributed by atoms with Crippen molar-refractivity contribution in [3.05, 3.63) is 65.1 Å². The average Bonchev–Trinajstić information content (AvgIpc) is 3.47. The van der Waals surface area contributed by atoms with E-state index < -0.39 is 5.91 Å². The minimum atomic E-state index is -0.452. The van der Waals surface area contributed by atoms with Crippen molar-refractivity contribution >= 4 is 52.1 Å². The molecule has 1 aromatic heterocycles. The van der Waals surface area contributed by atoms with Crippen LogP contribution in [-0.4, -0.2) is 69.3 Å². The quantitative estimate of drug-likeness (QED) is 0.415. The number of rotatable bonds is 7. The van der Waals surface area contributed by atoms with Gasteiger partial charge in [-0.1, -0.05) is 11.6 Å². The first-order valence-corrected chi connectivity index (χ1v) is 12.4. The molecular formula is C26H27ClN4O6S. The van der Waals surface area contributed by atoms with E-state index in [0.717, 1.165) is 5.69 Å². The van der Waals surface area contributed by atoms with E-state index in [4.69, 9.17) is 42.4 Å². The minimum absolute atomic E-state index is 0.0950. The molecule has 2 aromatic carbocycles. The van der Waals surface area contributed by atoms with Crippen molar-refractivity contribution in [3.63, 3.8) is 0 Å². The summed E-state index contributed by atoms with van der Waals surface area (Å²) in [6, 6.07) is 11.9. The van der Waals surface area contributed by atoms with Gasteiger partial charge in [0.2, 0.25) is 5.75 Å². The van der Waals surface area contributed by atoms with Gasteiger partial charge in [-0.2, -0.15) is 0 Å². The van der Waals surface area contributed by atoms with Gasteiger partial charge in [-0.25, -0.2) is 0 Å². The third-order valence-electron chi connectivity index (χ3n) is 6.00. The number of furan rings is 1. The van der Waals surface area contributed by atoms with Gasteiger partial charge in [-0.05, 0) is 54.7 Å². The molecule has 3 aromatic rings. The highest BCUT2D eigenvalue weighted by Gasteiger charge is 2.25. The highest BCUT2D eigenvalue weighted by atomic mass is 35.5. The molecule has 0 spiro atoms. The van der Waals surface area contributed by atoms with E-state index in [1.54, 1.807) is 23.1 Å². The van der Waals surface area contributed by atoms with E-state index in [1.165, 1.54) is 39.7 Å². The number of amides is 2. The molecule has 2 heterocycles. The first kappa shape index (κ1) is 27.1. The molecule has 4 rings (SSSR count). The zero-order valence-corrected chi connectivity index (χ0v) is 22.6. The Kier molecular flexibility index (Phi) is 8.59. The lowest BCUT2D eigenvalue weighted by molar-refractivity contribution is 0.0714. The van der Waals surface area contributed by atoms with Crippen molar-refractivity contribution < 1.29 is 28.2 Å². The smallest absolute Gasteiger partial charge is 0.289 e. The number of carbonyl (C=O) groups excluding carboxylic acids is 2. The van der Waals surface area contributed by atoms with Crippen molar-refractivity contribution in [2.45, 2.75) is 0 Å². The summed E-state index contributed by atoms with van der Waals surface area (Å²) in [6.07, 6.45) is 1.49. The maximum absolute atomic E-state index is 12.8. The van der Waals surface area contributed by atoms with Gasteiger partial charge < -0.3 is 33.7 Å². The Hall–Kier alpha value is -3.96. The molecule has 10 nitrogen and oxygen atoms in total. The van der Waals surface area contributed by atoms with E-state index in [2.05, 4.69) is 15.5 Å². The first-order valence-electron chi connectivity index (χ1n) is 11.6. The van der Waals surface area contributed by atoms with Gasteiger partial charge in [0.1, 0.15) is 0 Å². The Balaban J connectivity index is 1.36. The van der Waals surface area contributed by atoms with Crippen molar-refractivity contribution in [3.8, 4) is 17.2 Å². The third-order valence-corrected chi connectivity index (χ3v) is 6.51. The number of hydrogen-bond donors (Lipinski definition) is 2. The second-order valence-corrected chi connectivity index (χ2v) is 9.06. The number of anilines is 2. The molecule has 0 atom stereocenters. The molecule has 2 amide bonds. The summed E-state index contributed by atoms with van der Waals surface area (Å²) in [5.74, 6) is 0.843. The van der Waals surface area contributed by atoms with Crippen molar-refractivity contribution in [2.75, 3.05) is 57.7 Å². The van der Waals surface area contributed by atoms with Crippen LogP contribution in [0.1, 0.15) is 20.9 Å². The van der Waals surface area contributed by atoms with Crippen LogP contribution in [0.15, 0.2) is 53.1 Å². The van der Waals surface area contributed by atoms with Crippen LogP contribution in [0.2, 0.25) is 5.02 Å². The number of ether oxygens (including phenoxy) is 3. The highest BCUT2D eigenvalue weighted by Crippen LogP contribution is 2.38. The van der Waals surface area contributed by atoms with Gasteiger partial charge in [0.25, 0.3) is 11.8 Å². The van der Waals surface area contributed by atoms with E-state index in [1.807, 2.05) is 12.1 Å². The molecule has 0 saturated carbocycles. The van der Waals surface area contributed by atoms with Crippen molar-refractivity contribution in [1.82, 2.24) is 10.2 Å². The molecule has 0 unspecified atom stereocenters. The molecule has 2 N–H and O–H groups in total. The summed E-state index contributed by atoms with van der Waals surface area (Å²) in [6.45, 7) is 2.35. The second kappa shape index (κ2) is 12.1. The minimum Gasteiger partial charge on any atom is -0.493 e. The second-order valence-electron chi connectivity index (χ2n) is 8.25. The van der Waals surface area contributed by atoms with Crippen LogP contribution in [-0.2, 0) is 0 Å². The SMILES string of the molecule is COc1cc(C(=O)NC(=S)Nc2ccc(N3CCN(C(=O)c4ccco4)CC3)c(Cl)c2)cc(OC)c1OC. The number of methoxy groups -OCH3 is 3. The summed E-state index contributed by atoms with van der Waals surface area (Å²) < 4.78 is 21.1. The Morgan fingerprint density at radius 1 is 0.974 bits per heavy atom. The molecule has 0 radical (unpaired) electrons. The number of piperazine rings is 1. The lowest BCUT2D eigenvalue weighted by Crippen LogP contribution is -2.48. The number of carbonyl (C=O) groups is 2. The number of thiocarbonyl (C=S) groups is 1. The fraction of sp³-hybridized carbons (Fsp3) is 0.269. The number of hydrogen-bond acceptors (Lipinski definition) is 8. The largest absolute Gasteiger partial charge is 0.493 e. The molecular weight excluding hydrogens is 532 g/mol. The lowest BCUT2D eigenvalue weighted by Gasteiger charge is -2.36. The van der Waals surface area contributed by atoms with Crippen LogP contribution in [0.25, 0.3) is 0 Å². The van der Waals surface area contributed by atoms with E-state index in [9.17, 15) is 9.59 Å². The van der Waals surface area contributed by atoms with Gasteiger partial charge in [-0.15, -0.1) is 0 Å². The summed E-state index contributed by atoms with van der Waals surface area (Å²) >= 11 is 11.9. The normalized spacial score (nSPS) is 13.1. The number of nitrogens with zero attached hydrogens (tertiary/aromatic N) is 2. The van der Waals surface area contributed by atoms with Crippen molar-refractivity contribution in [2.24, 2.45) is 0 Å². The first-order chi connectivity index (χ1) is 18.3. The maximum atomic E-state index is 12.8. The van der Waals surface area contributed by atoms with Crippen LogP contribution in [0.5, 0.6) is 17.2 Å². The highest BCUT2D eigenvalue weighted by molar-refractivity contribution is 7.80. The molecule has 1 saturated heterocycles. The number of halogens is 1. The maximum Gasteiger partial charge on any atom is 0.289 e. The molecule has 38 heavy (non-hydrogen) atoms.